The molecular formula is C15H27IN4O. The highest BCUT2D eigenvalue weighted by Gasteiger charge is 2.34. The lowest BCUT2D eigenvalue weighted by atomic mass is 9.95. The maximum atomic E-state index is 12.3. The quantitative estimate of drug-likeness (QED) is 0.710. The number of hydrogen-bond acceptors (Lipinski definition) is 4. The number of fused-ring (bicyclic) bond motifs is 1. The van der Waals surface area contributed by atoms with Crippen molar-refractivity contribution in [2.75, 3.05) is 26.2 Å². The zero-order valence-electron chi connectivity index (χ0n) is 13.0. The molecule has 3 atom stereocenters. The lowest BCUT2D eigenvalue weighted by Crippen LogP contribution is -2.53. The van der Waals surface area contributed by atoms with Gasteiger partial charge in [0.05, 0.1) is 12.6 Å². The zero-order valence-corrected chi connectivity index (χ0v) is 15.4. The summed E-state index contributed by atoms with van der Waals surface area (Å²) in [7, 11) is 0. The second-order valence-electron chi connectivity index (χ2n) is 6.55. The third-order valence-corrected chi connectivity index (χ3v) is 4.80. The van der Waals surface area contributed by atoms with Crippen molar-refractivity contribution >= 4 is 35.8 Å². The summed E-state index contributed by atoms with van der Waals surface area (Å²) in [6, 6.07) is 0.394. The molecule has 3 rings (SSSR count). The normalized spacial score (nSPS) is 29.5. The van der Waals surface area contributed by atoms with Gasteiger partial charge in [-0.3, -0.25) is 9.79 Å². The Hall–Kier alpha value is -0.530. The van der Waals surface area contributed by atoms with Crippen molar-refractivity contribution in [3.05, 3.63) is 0 Å². The van der Waals surface area contributed by atoms with Crippen LogP contribution in [0, 0.1) is 5.92 Å². The number of piperidine rings is 1. The molecule has 2 fully saturated rings. The summed E-state index contributed by atoms with van der Waals surface area (Å²) < 4.78 is 0. The van der Waals surface area contributed by atoms with Gasteiger partial charge in [-0.15, -0.1) is 24.0 Å². The van der Waals surface area contributed by atoms with Crippen LogP contribution in [0.5, 0.6) is 0 Å². The summed E-state index contributed by atoms with van der Waals surface area (Å²) >= 11 is 0. The van der Waals surface area contributed by atoms with Crippen LogP contribution in [-0.2, 0) is 4.79 Å². The summed E-state index contributed by atoms with van der Waals surface area (Å²) in [4.78, 5) is 21.3. The second-order valence-corrected chi connectivity index (χ2v) is 6.55. The molecule has 21 heavy (non-hydrogen) atoms. The molecule has 0 bridgehead atoms. The Kier molecular flexibility index (Phi) is 5.73. The van der Waals surface area contributed by atoms with E-state index < -0.39 is 0 Å². The van der Waals surface area contributed by atoms with Gasteiger partial charge in [-0.2, -0.15) is 0 Å². The Morgan fingerprint density at radius 2 is 2.05 bits per heavy atom. The molecule has 0 saturated carbocycles. The highest BCUT2D eigenvalue weighted by Crippen LogP contribution is 2.25. The fourth-order valence-corrected chi connectivity index (χ4v) is 3.54. The van der Waals surface area contributed by atoms with Crippen molar-refractivity contribution in [2.45, 2.75) is 51.6 Å². The number of nitrogens with zero attached hydrogens (tertiary/aromatic N) is 3. The predicted molar refractivity (Wildman–Crippen MR) is 95.0 cm³/mol. The minimum absolute atomic E-state index is 0. The molecule has 3 aliphatic heterocycles. The molecule has 6 heteroatoms. The number of rotatable bonds is 2. The van der Waals surface area contributed by atoms with Gasteiger partial charge in [0.1, 0.15) is 6.04 Å². The number of aliphatic imine (C=N–C) groups is 1. The van der Waals surface area contributed by atoms with Gasteiger partial charge in [0.2, 0.25) is 5.91 Å². The lowest BCUT2D eigenvalue weighted by Gasteiger charge is -2.36. The highest BCUT2D eigenvalue weighted by atomic mass is 127. The molecular weight excluding hydrogens is 379 g/mol. The SMILES string of the molecule is CC1CCC2CN=C(N[C@@H](C)C(=O)N3CCCC3)N2C1.I. The minimum Gasteiger partial charge on any atom is -0.345 e. The number of hydrogen-bond donors (Lipinski definition) is 1. The van der Waals surface area contributed by atoms with Crippen LogP contribution >= 0.6 is 24.0 Å². The van der Waals surface area contributed by atoms with Crippen LogP contribution in [0.3, 0.4) is 0 Å². The first-order chi connectivity index (χ1) is 9.65. The maximum Gasteiger partial charge on any atom is 0.244 e. The molecule has 3 aliphatic rings. The molecule has 0 aromatic heterocycles. The zero-order chi connectivity index (χ0) is 14.1. The standard InChI is InChI=1S/C15H26N4O.HI/c1-11-5-6-13-9-16-15(19(13)10-11)17-12(2)14(20)18-7-3-4-8-18;/h11-13H,3-10H2,1-2H3,(H,16,17);1H/t11?,12-,13?;/m0./s1. The van der Waals surface area contributed by atoms with Gasteiger partial charge >= 0.3 is 0 Å². The fourth-order valence-electron chi connectivity index (χ4n) is 3.54. The largest absolute Gasteiger partial charge is 0.345 e. The van der Waals surface area contributed by atoms with Crippen LogP contribution in [-0.4, -0.2) is 59.9 Å². The number of likely N-dealkylation sites (tertiary alicyclic amines) is 1. The summed E-state index contributed by atoms with van der Waals surface area (Å²) in [6.45, 7) is 8.05. The van der Waals surface area contributed by atoms with E-state index in [4.69, 9.17) is 0 Å². The van der Waals surface area contributed by atoms with Crippen LogP contribution in [0.25, 0.3) is 0 Å². The molecule has 3 heterocycles. The van der Waals surface area contributed by atoms with E-state index in [0.717, 1.165) is 50.9 Å². The molecule has 0 spiro atoms. The number of guanidine groups is 1. The summed E-state index contributed by atoms with van der Waals surface area (Å²) in [6.07, 6.45) is 4.81. The van der Waals surface area contributed by atoms with E-state index in [1.54, 1.807) is 0 Å². The number of carbonyl (C=O) groups excluding carboxylic acids is 1. The van der Waals surface area contributed by atoms with Gasteiger partial charge < -0.3 is 15.1 Å². The summed E-state index contributed by atoms with van der Waals surface area (Å²) in [5.74, 6) is 1.89. The van der Waals surface area contributed by atoms with Gasteiger partial charge in [0.15, 0.2) is 5.96 Å². The Morgan fingerprint density at radius 3 is 2.76 bits per heavy atom. The average Bonchev–Trinajstić information content (AvgIpc) is 3.08. The van der Waals surface area contributed by atoms with Gasteiger partial charge in [0.25, 0.3) is 0 Å². The first-order valence-electron chi connectivity index (χ1n) is 8.01. The second kappa shape index (κ2) is 7.15. The van der Waals surface area contributed by atoms with E-state index >= 15 is 0 Å². The molecule has 0 aromatic rings. The summed E-state index contributed by atoms with van der Waals surface area (Å²) in [5, 5.41) is 3.36. The monoisotopic (exact) mass is 406 g/mol. The van der Waals surface area contributed by atoms with Crippen molar-refractivity contribution in [1.82, 2.24) is 15.1 Å². The van der Waals surface area contributed by atoms with Crippen molar-refractivity contribution in [1.29, 1.82) is 0 Å². The molecule has 120 valence electrons. The smallest absolute Gasteiger partial charge is 0.244 e. The van der Waals surface area contributed by atoms with E-state index in [0.29, 0.717) is 6.04 Å². The Bertz CT molecular complexity index is 408. The number of nitrogens with one attached hydrogen (secondary N) is 1. The average molecular weight is 406 g/mol. The lowest BCUT2D eigenvalue weighted by molar-refractivity contribution is -0.131. The van der Waals surface area contributed by atoms with E-state index in [1.807, 2.05) is 11.8 Å². The molecule has 2 unspecified atom stereocenters. The Labute approximate surface area is 144 Å². The van der Waals surface area contributed by atoms with E-state index in [1.165, 1.54) is 12.8 Å². The Balaban J connectivity index is 0.00000161. The summed E-state index contributed by atoms with van der Waals surface area (Å²) in [5.41, 5.74) is 0. The molecule has 5 nitrogen and oxygen atoms in total. The predicted octanol–water partition coefficient (Wildman–Crippen LogP) is 1.68. The fraction of sp³-hybridized carbons (Fsp3) is 0.867. The van der Waals surface area contributed by atoms with Crippen LogP contribution < -0.4 is 5.32 Å². The first kappa shape index (κ1) is 16.8. The van der Waals surface area contributed by atoms with Crippen molar-refractivity contribution in [2.24, 2.45) is 10.9 Å². The van der Waals surface area contributed by atoms with Crippen LogP contribution in [0.15, 0.2) is 4.99 Å². The third-order valence-electron chi connectivity index (χ3n) is 4.80. The highest BCUT2D eigenvalue weighted by molar-refractivity contribution is 14.0. The molecule has 2 saturated heterocycles. The van der Waals surface area contributed by atoms with E-state index in [2.05, 4.69) is 22.1 Å². The molecule has 0 aliphatic carbocycles. The van der Waals surface area contributed by atoms with Gasteiger partial charge in [0, 0.05) is 19.6 Å². The Morgan fingerprint density at radius 1 is 1.33 bits per heavy atom. The maximum absolute atomic E-state index is 12.3. The van der Waals surface area contributed by atoms with Crippen LogP contribution in [0.1, 0.15) is 39.5 Å². The molecule has 1 N–H and O–H groups in total. The molecule has 1 amide bonds. The number of carbonyl (C=O) groups is 1. The van der Waals surface area contributed by atoms with Crippen molar-refractivity contribution in [3.8, 4) is 0 Å². The van der Waals surface area contributed by atoms with Crippen LogP contribution in [0.2, 0.25) is 0 Å². The molecule has 0 aromatic carbocycles. The minimum atomic E-state index is -0.164. The number of amides is 1. The third kappa shape index (κ3) is 3.63. The van der Waals surface area contributed by atoms with E-state index in [-0.39, 0.29) is 35.9 Å². The molecule has 0 radical (unpaired) electrons. The topological polar surface area (TPSA) is 47.9 Å². The first-order valence-corrected chi connectivity index (χ1v) is 8.01. The van der Waals surface area contributed by atoms with Crippen molar-refractivity contribution in [3.63, 3.8) is 0 Å². The van der Waals surface area contributed by atoms with Crippen molar-refractivity contribution < 1.29 is 4.79 Å². The van der Waals surface area contributed by atoms with Crippen LogP contribution in [0.4, 0.5) is 0 Å². The van der Waals surface area contributed by atoms with Gasteiger partial charge in [-0.25, -0.2) is 0 Å². The van der Waals surface area contributed by atoms with Gasteiger partial charge in [-0.05, 0) is 38.5 Å². The van der Waals surface area contributed by atoms with E-state index in [9.17, 15) is 4.79 Å². The number of halogens is 1. The van der Waals surface area contributed by atoms with Gasteiger partial charge in [-0.1, -0.05) is 6.92 Å².